The standard InChI is InChI=1S/C23H23N3O/c27-22(23(11-5-12-23)18-6-2-1-3-7-18)26-14-9-17(10-15-26)20-16-25-21-19(20)8-4-13-24-21/h1-4,6-9,13,16H,5,10-12,14-15H2,(H,24,25). The maximum Gasteiger partial charge on any atom is 0.233 e. The largest absolute Gasteiger partial charge is 0.346 e. The molecule has 3 heterocycles. The zero-order chi connectivity index (χ0) is 18.3. The van der Waals surface area contributed by atoms with Gasteiger partial charge >= 0.3 is 0 Å². The van der Waals surface area contributed by atoms with E-state index in [1.54, 1.807) is 6.20 Å². The Labute approximate surface area is 158 Å². The number of benzene rings is 1. The zero-order valence-corrected chi connectivity index (χ0v) is 15.3. The Balaban J connectivity index is 1.39. The molecule has 1 fully saturated rings. The quantitative estimate of drug-likeness (QED) is 0.760. The first-order valence-electron chi connectivity index (χ1n) is 9.74. The van der Waals surface area contributed by atoms with Crippen molar-refractivity contribution in [2.45, 2.75) is 31.1 Å². The van der Waals surface area contributed by atoms with Crippen LogP contribution in [-0.4, -0.2) is 33.9 Å². The fourth-order valence-corrected chi connectivity index (χ4v) is 4.54. The van der Waals surface area contributed by atoms with E-state index < -0.39 is 0 Å². The van der Waals surface area contributed by atoms with E-state index in [0.717, 1.165) is 43.3 Å². The van der Waals surface area contributed by atoms with E-state index >= 15 is 0 Å². The number of H-pyrrole nitrogens is 1. The number of hydrogen-bond acceptors (Lipinski definition) is 2. The average molecular weight is 357 g/mol. The minimum absolute atomic E-state index is 0.294. The monoisotopic (exact) mass is 357 g/mol. The van der Waals surface area contributed by atoms with E-state index in [-0.39, 0.29) is 5.41 Å². The fraction of sp³-hybridized carbons (Fsp3) is 0.304. The molecule has 4 heteroatoms. The molecule has 1 N–H and O–H groups in total. The second-order valence-electron chi connectivity index (χ2n) is 7.63. The number of carbonyl (C=O) groups excluding carboxylic acids is 1. The van der Waals surface area contributed by atoms with Crippen LogP contribution in [0, 0.1) is 0 Å². The molecule has 5 rings (SSSR count). The molecule has 0 radical (unpaired) electrons. The highest BCUT2D eigenvalue weighted by Crippen LogP contribution is 2.45. The van der Waals surface area contributed by atoms with Gasteiger partial charge < -0.3 is 9.88 Å². The van der Waals surface area contributed by atoms with Crippen LogP contribution in [0.2, 0.25) is 0 Å². The van der Waals surface area contributed by atoms with Crippen LogP contribution in [0.25, 0.3) is 16.6 Å². The van der Waals surface area contributed by atoms with Crippen molar-refractivity contribution in [3.05, 3.63) is 72.1 Å². The maximum absolute atomic E-state index is 13.4. The number of amides is 1. The van der Waals surface area contributed by atoms with Gasteiger partial charge in [-0.15, -0.1) is 0 Å². The molecule has 4 nitrogen and oxygen atoms in total. The van der Waals surface area contributed by atoms with Gasteiger partial charge in [-0.2, -0.15) is 0 Å². The third-order valence-electron chi connectivity index (χ3n) is 6.24. The lowest BCUT2D eigenvalue weighted by atomic mass is 9.63. The molecule has 0 spiro atoms. The number of rotatable bonds is 3. The summed E-state index contributed by atoms with van der Waals surface area (Å²) < 4.78 is 0. The van der Waals surface area contributed by atoms with Crippen LogP contribution in [-0.2, 0) is 10.2 Å². The van der Waals surface area contributed by atoms with E-state index in [4.69, 9.17) is 0 Å². The average Bonchev–Trinajstić information content (AvgIpc) is 3.12. The second-order valence-corrected chi connectivity index (χ2v) is 7.63. The molecule has 0 bridgehead atoms. The van der Waals surface area contributed by atoms with Crippen molar-refractivity contribution in [1.29, 1.82) is 0 Å². The summed E-state index contributed by atoms with van der Waals surface area (Å²) in [6.07, 6.45) is 10.0. The molecule has 3 aromatic rings. The van der Waals surface area contributed by atoms with Crippen LogP contribution in [0.15, 0.2) is 60.9 Å². The Morgan fingerprint density at radius 2 is 1.96 bits per heavy atom. The first kappa shape index (κ1) is 16.3. The summed E-state index contributed by atoms with van der Waals surface area (Å²) in [6, 6.07) is 14.4. The van der Waals surface area contributed by atoms with Crippen LogP contribution in [0.3, 0.4) is 0 Å². The topological polar surface area (TPSA) is 49.0 Å². The van der Waals surface area contributed by atoms with E-state index in [0.29, 0.717) is 12.5 Å². The van der Waals surface area contributed by atoms with Gasteiger partial charge in [-0.05, 0) is 42.5 Å². The van der Waals surface area contributed by atoms with Gasteiger partial charge in [0.25, 0.3) is 0 Å². The number of hydrogen-bond donors (Lipinski definition) is 1. The summed E-state index contributed by atoms with van der Waals surface area (Å²) >= 11 is 0. The first-order valence-corrected chi connectivity index (χ1v) is 9.74. The Bertz CT molecular complexity index is 1010. The van der Waals surface area contributed by atoms with Crippen molar-refractivity contribution >= 4 is 22.5 Å². The van der Waals surface area contributed by atoms with E-state index in [1.165, 1.54) is 16.7 Å². The molecule has 1 aliphatic heterocycles. The fourth-order valence-electron chi connectivity index (χ4n) is 4.54. The number of aromatic amines is 1. The summed E-state index contributed by atoms with van der Waals surface area (Å²) in [6.45, 7) is 1.47. The van der Waals surface area contributed by atoms with E-state index in [2.05, 4.69) is 34.2 Å². The Morgan fingerprint density at radius 1 is 1.11 bits per heavy atom. The third-order valence-corrected chi connectivity index (χ3v) is 6.24. The zero-order valence-electron chi connectivity index (χ0n) is 15.3. The minimum Gasteiger partial charge on any atom is -0.346 e. The van der Waals surface area contributed by atoms with Crippen molar-refractivity contribution in [1.82, 2.24) is 14.9 Å². The molecule has 27 heavy (non-hydrogen) atoms. The summed E-state index contributed by atoms with van der Waals surface area (Å²) in [5.41, 5.74) is 4.33. The maximum atomic E-state index is 13.4. The predicted octanol–water partition coefficient (Wildman–Crippen LogP) is 4.30. The number of carbonyl (C=O) groups is 1. The van der Waals surface area contributed by atoms with Gasteiger partial charge in [0.15, 0.2) is 0 Å². The molecular formula is C23H23N3O. The molecule has 1 saturated carbocycles. The molecule has 1 aliphatic carbocycles. The highest BCUT2D eigenvalue weighted by atomic mass is 16.2. The van der Waals surface area contributed by atoms with Crippen molar-refractivity contribution in [3.63, 3.8) is 0 Å². The molecule has 1 aromatic carbocycles. The normalized spacial score (nSPS) is 18.8. The lowest BCUT2D eigenvalue weighted by Crippen LogP contribution is -2.52. The Kier molecular flexibility index (Phi) is 3.85. The molecule has 0 atom stereocenters. The third kappa shape index (κ3) is 2.59. The second kappa shape index (κ2) is 6.38. The molecule has 2 aliphatic rings. The lowest BCUT2D eigenvalue weighted by Gasteiger charge is -2.44. The molecular weight excluding hydrogens is 334 g/mol. The number of aromatic nitrogens is 2. The van der Waals surface area contributed by atoms with Crippen molar-refractivity contribution in [3.8, 4) is 0 Å². The summed E-state index contributed by atoms with van der Waals surface area (Å²) in [5.74, 6) is 0.302. The summed E-state index contributed by atoms with van der Waals surface area (Å²) in [5, 5.41) is 1.16. The van der Waals surface area contributed by atoms with E-state index in [9.17, 15) is 4.79 Å². The van der Waals surface area contributed by atoms with Crippen molar-refractivity contribution < 1.29 is 4.79 Å². The van der Waals surface area contributed by atoms with Gasteiger partial charge in [0.1, 0.15) is 5.65 Å². The van der Waals surface area contributed by atoms with Crippen LogP contribution in [0.5, 0.6) is 0 Å². The summed E-state index contributed by atoms with van der Waals surface area (Å²) in [7, 11) is 0. The van der Waals surface area contributed by atoms with E-state index in [1.807, 2.05) is 35.4 Å². The van der Waals surface area contributed by atoms with Gasteiger partial charge in [0.2, 0.25) is 5.91 Å². The number of nitrogens with zero attached hydrogens (tertiary/aromatic N) is 2. The van der Waals surface area contributed by atoms with Crippen molar-refractivity contribution in [2.75, 3.05) is 13.1 Å². The lowest BCUT2D eigenvalue weighted by molar-refractivity contribution is -0.140. The number of pyridine rings is 1. The van der Waals surface area contributed by atoms with Crippen LogP contribution < -0.4 is 0 Å². The van der Waals surface area contributed by atoms with Crippen molar-refractivity contribution in [2.24, 2.45) is 0 Å². The number of fused-ring (bicyclic) bond motifs is 1. The van der Waals surface area contributed by atoms with Crippen LogP contribution >= 0.6 is 0 Å². The van der Waals surface area contributed by atoms with Gasteiger partial charge in [0, 0.05) is 36.4 Å². The molecule has 136 valence electrons. The SMILES string of the molecule is O=C(N1CC=C(c2c[nH]c3ncccc23)CC1)C1(c2ccccc2)CCC1. The first-order chi connectivity index (χ1) is 13.3. The number of nitrogens with one attached hydrogen (secondary N) is 1. The molecule has 0 unspecified atom stereocenters. The Morgan fingerprint density at radius 3 is 2.67 bits per heavy atom. The molecule has 2 aromatic heterocycles. The highest BCUT2D eigenvalue weighted by molar-refractivity contribution is 5.93. The van der Waals surface area contributed by atoms with Gasteiger partial charge in [-0.25, -0.2) is 4.98 Å². The molecule has 0 saturated heterocycles. The van der Waals surface area contributed by atoms with Gasteiger partial charge in [-0.1, -0.05) is 42.8 Å². The minimum atomic E-state index is -0.294. The van der Waals surface area contributed by atoms with Gasteiger partial charge in [-0.3, -0.25) is 4.79 Å². The van der Waals surface area contributed by atoms with Gasteiger partial charge in [0.05, 0.1) is 5.41 Å². The Hall–Kier alpha value is -2.88. The molecule has 1 amide bonds. The summed E-state index contributed by atoms with van der Waals surface area (Å²) in [4.78, 5) is 23.1. The smallest absolute Gasteiger partial charge is 0.233 e. The predicted molar refractivity (Wildman–Crippen MR) is 107 cm³/mol. The van der Waals surface area contributed by atoms with Crippen LogP contribution in [0.4, 0.5) is 0 Å². The van der Waals surface area contributed by atoms with Crippen LogP contribution in [0.1, 0.15) is 36.8 Å². The highest BCUT2D eigenvalue weighted by Gasteiger charge is 2.47.